The largest absolute Gasteiger partial charge is 1.00 e. The molecule has 0 aliphatic carbocycles. The maximum absolute atomic E-state index is 12.0. The summed E-state index contributed by atoms with van der Waals surface area (Å²) in [5.41, 5.74) is 6.42. The number of hydroxylamine groups is 2. The number of urea groups is 1. The Labute approximate surface area is 139 Å². The number of nitrogens with two attached hydrogens (primary N) is 1. The number of carbonyl (C=O) groups excluding carboxylic acids is 2. The van der Waals surface area contributed by atoms with Gasteiger partial charge in [0.25, 0.3) is 0 Å². The number of nitrogens with zero attached hydrogens (tertiary/aromatic N) is 2. The number of hydrogen-bond donors (Lipinski definition) is 2. The minimum absolute atomic E-state index is 0. The number of carbonyl (C=O) groups is 2. The molecule has 1 saturated heterocycles. The van der Waals surface area contributed by atoms with E-state index in [0.29, 0.717) is 16.2 Å². The van der Waals surface area contributed by atoms with Gasteiger partial charge in [-0.05, 0) is 25.0 Å². The molecule has 2 aliphatic rings. The normalized spacial score (nSPS) is 25.9. The van der Waals surface area contributed by atoms with E-state index >= 15 is 0 Å². The van der Waals surface area contributed by atoms with Crippen molar-refractivity contribution in [2.45, 2.75) is 25.9 Å². The van der Waals surface area contributed by atoms with E-state index in [-0.39, 0.29) is 37.5 Å². The Bertz CT molecular complexity index is 594. The molecule has 0 saturated carbocycles. The Kier molecular flexibility index (Phi) is 4.89. The quantitative estimate of drug-likeness (QED) is 0.311. The third-order valence-electron chi connectivity index (χ3n) is 3.37. The summed E-state index contributed by atoms with van der Waals surface area (Å²) < 4.78 is 34.4. The molecule has 2 atom stereocenters. The van der Waals surface area contributed by atoms with Gasteiger partial charge < -0.3 is 12.1 Å². The Morgan fingerprint density at radius 2 is 2.00 bits per heavy atom. The van der Waals surface area contributed by atoms with Crippen LogP contribution in [0.1, 0.15) is 15.3 Å². The van der Waals surface area contributed by atoms with Crippen molar-refractivity contribution in [3.63, 3.8) is 0 Å². The average molecular weight is 315 g/mol. The monoisotopic (exact) mass is 315 g/mol. The van der Waals surface area contributed by atoms with Gasteiger partial charge in [-0.3, -0.25) is 9.35 Å². The zero-order valence-corrected chi connectivity index (χ0v) is 14.0. The molecular weight excluding hydrogens is 301 g/mol. The number of fused-ring (bicyclic) bond motifs is 2. The van der Waals surface area contributed by atoms with Crippen molar-refractivity contribution in [1.29, 1.82) is 0 Å². The van der Waals surface area contributed by atoms with E-state index in [4.69, 9.17) is 10.3 Å². The molecular formula is C9H14N3NaO6S. The van der Waals surface area contributed by atoms with E-state index in [2.05, 4.69) is 4.28 Å². The summed E-state index contributed by atoms with van der Waals surface area (Å²) in [4.78, 5) is 24.5. The number of amides is 3. The van der Waals surface area contributed by atoms with Crippen LogP contribution in [-0.2, 0) is 19.5 Å². The van der Waals surface area contributed by atoms with Crippen molar-refractivity contribution in [2.75, 3.05) is 6.54 Å². The second-order valence-electron chi connectivity index (χ2n) is 4.45. The molecule has 2 unspecified atom stereocenters. The second kappa shape index (κ2) is 5.62. The van der Waals surface area contributed by atoms with Gasteiger partial charge in [0, 0.05) is 0 Å². The van der Waals surface area contributed by atoms with Crippen LogP contribution in [0.2, 0.25) is 0 Å². The van der Waals surface area contributed by atoms with Gasteiger partial charge in [0.2, 0.25) is 5.91 Å². The van der Waals surface area contributed by atoms with E-state index in [9.17, 15) is 18.0 Å². The fourth-order valence-corrected chi connectivity index (χ4v) is 2.76. The van der Waals surface area contributed by atoms with E-state index in [1.165, 1.54) is 0 Å². The molecule has 1 fully saturated rings. The topological polar surface area (TPSA) is 130 Å². The molecule has 2 aliphatic heterocycles. The predicted octanol–water partition coefficient (Wildman–Crippen LogP) is -3.85. The fraction of sp³-hybridized carbons (Fsp3) is 0.556. The molecule has 2 rings (SSSR count). The van der Waals surface area contributed by atoms with Crippen molar-refractivity contribution in [2.24, 2.45) is 5.73 Å². The number of primary amides is 1. The molecule has 2 bridgehead atoms. The summed E-state index contributed by atoms with van der Waals surface area (Å²) in [7, 11) is -4.82. The first-order valence-electron chi connectivity index (χ1n) is 5.37. The second-order valence-corrected chi connectivity index (χ2v) is 5.45. The Balaban J connectivity index is 0.00000200. The van der Waals surface area contributed by atoms with Crippen molar-refractivity contribution in [1.82, 2.24) is 9.96 Å². The van der Waals surface area contributed by atoms with Crippen LogP contribution in [0.5, 0.6) is 0 Å². The minimum atomic E-state index is -4.82. The SMILES string of the molecule is CC1=C(C)C2CN(C(=O)N2OS(=O)(=O)O)C1C(N)=O.[H-].[Na+]. The summed E-state index contributed by atoms with van der Waals surface area (Å²) in [6.45, 7) is 3.35. The molecule has 20 heavy (non-hydrogen) atoms. The minimum Gasteiger partial charge on any atom is -1.00 e. The molecule has 0 radical (unpaired) electrons. The molecule has 0 aromatic rings. The summed E-state index contributed by atoms with van der Waals surface area (Å²) in [6, 6.07) is -2.44. The fourth-order valence-electron chi connectivity index (χ4n) is 2.39. The smallest absolute Gasteiger partial charge is 1.00 e. The predicted molar refractivity (Wildman–Crippen MR) is 62.8 cm³/mol. The van der Waals surface area contributed by atoms with Gasteiger partial charge in [-0.2, -0.15) is 13.5 Å². The molecule has 0 aromatic carbocycles. The zero-order valence-electron chi connectivity index (χ0n) is 12.2. The molecule has 3 amide bonds. The molecule has 9 nitrogen and oxygen atoms in total. The van der Waals surface area contributed by atoms with Crippen LogP contribution >= 0.6 is 0 Å². The summed E-state index contributed by atoms with van der Waals surface area (Å²) in [5, 5.41) is 0.539. The Morgan fingerprint density at radius 1 is 1.45 bits per heavy atom. The van der Waals surface area contributed by atoms with Crippen molar-refractivity contribution >= 4 is 22.3 Å². The van der Waals surface area contributed by atoms with Crippen LogP contribution in [0, 0.1) is 0 Å². The van der Waals surface area contributed by atoms with E-state index in [1.54, 1.807) is 13.8 Å². The van der Waals surface area contributed by atoms with Crippen LogP contribution in [-0.4, -0.2) is 53.5 Å². The van der Waals surface area contributed by atoms with E-state index in [1.807, 2.05) is 0 Å². The van der Waals surface area contributed by atoms with Gasteiger partial charge in [0.1, 0.15) is 12.1 Å². The third kappa shape index (κ3) is 2.85. The van der Waals surface area contributed by atoms with Gasteiger partial charge in [0.15, 0.2) is 0 Å². The summed E-state index contributed by atoms with van der Waals surface area (Å²) in [5.74, 6) is -0.711. The van der Waals surface area contributed by atoms with Gasteiger partial charge in [0.05, 0.1) is 6.54 Å². The molecule has 2 heterocycles. The zero-order chi connectivity index (χ0) is 14.5. The maximum atomic E-state index is 12.0. The molecule has 11 heteroatoms. The van der Waals surface area contributed by atoms with Crippen LogP contribution in [0.15, 0.2) is 11.1 Å². The summed E-state index contributed by atoms with van der Waals surface area (Å²) in [6.07, 6.45) is 0. The molecule has 108 valence electrons. The van der Waals surface area contributed by atoms with E-state index in [0.717, 1.165) is 4.90 Å². The van der Waals surface area contributed by atoms with Gasteiger partial charge in [-0.25, -0.2) is 4.79 Å². The van der Waals surface area contributed by atoms with Crippen LogP contribution in [0.25, 0.3) is 0 Å². The van der Waals surface area contributed by atoms with Gasteiger partial charge in [-0.15, -0.1) is 4.28 Å². The Hall–Kier alpha value is -0.650. The van der Waals surface area contributed by atoms with Crippen molar-refractivity contribution in [3.8, 4) is 0 Å². The van der Waals surface area contributed by atoms with Gasteiger partial charge >= 0.3 is 46.0 Å². The average Bonchev–Trinajstić information content (AvgIpc) is 2.51. The van der Waals surface area contributed by atoms with Gasteiger partial charge in [-0.1, -0.05) is 0 Å². The van der Waals surface area contributed by atoms with Crippen molar-refractivity contribution < 1.29 is 57.8 Å². The molecule has 0 aromatic heterocycles. The molecule has 3 N–H and O–H groups in total. The van der Waals surface area contributed by atoms with Crippen molar-refractivity contribution in [3.05, 3.63) is 11.1 Å². The first-order chi connectivity index (χ1) is 8.63. The first-order valence-corrected chi connectivity index (χ1v) is 6.73. The van der Waals surface area contributed by atoms with Crippen LogP contribution in [0.3, 0.4) is 0 Å². The number of hydrogen-bond acceptors (Lipinski definition) is 5. The molecule has 0 spiro atoms. The third-order valence-corrected chi connectivity index (χ3v) is 3.72. The first kappa shape index (κ1) is 17.4. The van der Waals surface area contributed by atoms with Crippen LogP contribution < -0.4 is 35.3 Å². The summed E-state index contributed by atoms with van der Waals surface area (Å²) >= 11 is 0. The maximum Gasteiger partial charge on any atom is 1.00 e. The van der Waals surface area contributed by atoms with E-state index < -0.39 is 34.4 Å². The Morgan fingerprint density at radius 3 is 2.45 bits per heavy atom. The van der Waals surface area contributed by atoms with Crippen LogP contribution in [0.4, 0.5) is 4.79 Å². The number of rotatable bonds is 3. The standard InChI is InChI=1S/C9H13N3O6S.Na.H/c1-4-5(2)7(8(10)13)11-3-6(4)12(9(11)14)18-19(15,16)17;;/h6-7H,3H2,1-2H3,(H2,10,13)(H,15,16,17);;/q;+1;-1.